The van der Waals surface area contributed by atoms with Crippen LogP contribution in [0.4, 0.5) is 4.39 Å². The van der Waals surface area contributed by atoms with Gasteiger partial charge in [-0.1, -0.05) is 31.0 Å². The van der Waals surface area contributed by atoms with Crippen LogP contribution in [0.3, 0.4) is 0 Å². The number of rotatable bonds is 6. The number of hydrogen-bond acceptors (Lipinski definition) is 3. The third-order valence-electron chi connectivity index (χ3n) is 2.32. The van der Waals surface area contributed by atoms with E-state index in [4.69, 9.17) is 0 Å². The third-order valence-corrected chi connectivity index (χ3v) is 3.61. The minimum Gasteiger partial charge on any atom is -0.263 e. The Balaban J connectivity index is 2.66. The molecule has 17 heavy (non-hydrogen) atoms. The average molecular weight is 260 g/mol. The summed E-state index contributed by atoms with van der Waals surface area (Å²) in [4.78, 5) is 0.0619. The van der Waals surface area contributed by atoms with E-state index in [-0.39, 0.29) is 4.90 Å². The van der Waals surface area contributed by atoms with Gasteiger partial charge in [0.25, 0.3) is 10.1 Å². The Labute approximate surface area is 102 Å². The van der Waals surface area contributed by atoms with Crippen LogP contribution in [0.1, 0.15) is 25.3 Å². The monoisotopic (exact) mass is 260 g/mol. The fraction of sp³-hybridized carbons (Fsp3) is 0.500. The fourth-order valence-corrected chi connectivity index (χ4v) is 2.27. The Morgan fingerprint density at radius 2 is 1.88 bits per heavy atom. The van der Waals surface area contributed by atoms with Crippen molar-refractivity contribution in [1.29, 1.82) is 0 Å². The fourth-order valence-electron chi connectivity index (χ4n) is 1.33. The zero-order valence-electron chi connectivity index (χ0n) is 10.0. The Kier molecular flexibility index (Phi) is 5.08. The van der Waals surface area contributed by atoms with Crippen LogP contribution in [-0.2, 0) is 14.3 Å². The molecule has 0 heterocycles. The number of halogens is 1. The molecule has 0 saturated heterocycles. The van der Waals surface area contributed by atoms with Gasteiger partial charge in [0.15, 0.2) is 0 Å². The first-order chi connectivity index (χ1) is 7.95. The highest BCUT2D eigenvalue weighted by molar-refractivity contribution is 7.86. The topological polar surface area (TPSA) is 43.4 Å². The lowest BCUT2D eigenvalue weighted by molar-refractivity contribution is 0.191. The van der Waals surface area contributed by atoms with Crippen molar-refractivity contribution in [1.82, 2.24) is 0 Å². The highest BCUT2D eigenvalue weighted by Gasteiger charge is 2.17. The van der Waals surface area contributed by atoms with Crippen LogP contribution < -0.4 is 0 Å². The summed E-state index contributed by atoms with van der Waals surface area (Å²) < 4.78 is 41.1. The maximum Gasteiger partial charge on any atom is 0.297 e. The smallest absolute Gasteiger partial charge is 0.263 e. The van der Waals surface area contributed by atoms with E-state index in [2.05, 4.69) is 4.18 Å². The van der Waals surface area contributed by atoms with E-state index >= 15 is 0 Å². The SMILES string of the molecule is CCC[C@@H](F)COS(=O)(=O)c1ccc(C)cc1. The molecule has 1 rings (SSSR count). The lowest BCUT2D eigenvalue weighted by Crippen LogP contribution is -2.15. The molecule has 1 atom stereocenters. The normalized spacial score (nSPS) is 13.6. The summed E-state index contributed by atoms with van der Waals surface area (Å²) in [5.41, 5.74) is 0.957. The van der Waals surface area contributed by atoms with Crippen molar-refractivity contribution in [3.63, 3.8) is 0 Å². The van der Waals surface area contributed by atoms with E-state index < -0.39 is 22.9 Å². The number of alkyl halides is 1. The Morgan fingerprint density at radius 1 is 1.29 bits per heavy atom. The number of aryl methyl sites for hydroxylation is 1. The van der Waals surface area contributed by atoms with Gasteiger partial charge in [0.05, 0.1) is 11.5 Å². The highest BCUT2D eigenvalue weighted by atomic mass is 32.2. The van der Waals surface area contributed by atoms with Crippen molar-refractivity contribution in [2.24, 2.45) is 0 Å². The summed E-state index contributed by atoms with van der Waals surface area (Å²) >= 11 is 0. The predicted octanol–water partition coefficient (Wildman–Crippen LogP) is 2.84. The molecule has 0 spiro atoms. The molecular weight excluding hydrogens is 243 g/mol. The molecule has 0 saturated carbocycles. The van der Waals surface area contributed by atoms with Gasteiger partial charge in [-0.2, -0.15) is 8.42 Å². The lowest BCUT2D eigenvalue weighted by atomic mass is 10.2. The lowest BCUT2D eigenvalue weighted by Gasteiger charge is -2.08. The van der Waals surface area contributed by atoms with E-state index in [9.17, 15) is 12.8 Å². The molecule has 0 unspecified atom stereocenters. The molecule has 1 aromatic carbocycles. The largest absolute Gasteiger partial charge is 0.297 e. The van der Waals surface area contributed by atoms with Crippen molar-refractivity contribution in [2.45, 2.75) is 37.8 Å². The van der Waals surface area contributed by atoms with Crippen LogP contribution in [0.25, 0.3) is 0 Å². The van der Waals surface area contributed by atoms with Crippen molar-refractivity contribution < 1.29 is 17.0 Å². The van der Waals surface area contributed by atoms with Crippen molar-refractivity contribution in [2.75, 3.05) is 6.61 Å². The molecule has 0 aromatic heterocycles. The summed E-state index contributed by atoms with van der Waals surface area (Å²) in [5.74, 6) is 0. The van der Waals surface area contributed by atoms with Crippen LogP contribution >= 0.6 is 0 Å². The summed E-state index contributed by atoms with van der Waals surface area (Å²) in [6.45, 7) is 3.28. The Hall–Kier alpha value is -0.940. The van der Waals surface area contributed by atoms with Gasteiger partial charge >= 0.3 is 0 Å². The van der Waals surface area contributed by atoms with Crippen LogP contribution in [0.15, 0.2) is 29.2 Å². The van der Waals surface area contributed by atoms with Crippen LogP contribution in [0.2, 0.25) is 0 Å². The van der Waals surface area contributed by atoms with E-state index in [1.807, 2.05) is 13.8 Å². The maximum atomic E-state index is 13.1. The third kappa shape index (κ3) is 4.44. The first-order valence-electron chi connectivity index (χ1n) is 5.56. The van der Waals surface area contributed by atoms with Crippen LogP contribution in [-0.4, -0.2) is 21.2 Å². The molecular formula is C12H17FO3S. The van der Waals surface area contributed by atoms with Gasteiger partial charge in [0.1, 0.15) is 6.17 Å². The first kappa shape index (κ1) is 14.1. The van der Waals surface area contributed by atoms with E-state index in [1.54, 1.807) is 12.1 Å². The van der Waals surface area contributed by atoms with E-state index in [1.165, 1.54) is 12.1 Å². The van der Waals surface area contributed by atoms with Crippen molar-refractivity contribution in [3.05, 3.63) is 29.8 Å². The van der Waals surface area contributed by atoms with Gasteiger partial charge in [-0.3, -0.25) is 4.18 Å². The minimum absolute atomic E-state index is 0.0619. The highest BCUT2D eigenvalue weighted by Crippen LogP contribution is 2.14. The van der Waals surface area contributed by atoms with Crippen LogP contribution in [0, 0.1) is 6.92 Å². The van der Waals surface area contributed by atoms with Gasteiger partial charge in [0.2, 0.25) is 0 Å². The molecule has 1 aromatic rings. The van der Waals surface area contributed by atoms with Crippen molar-refractivity contribution >= 4 is 10.1 Å². The zero-order valence-corrected chi connectivity index (χ0v) is 10.8. The molecule has 3 nitrogen and oxygen atoms in total. The Morgan fingerprint density at radius 3 is 2.41 bits per heavy atom. The van der Waals surface area contributed by atoms with Gasteiger partial charge in [0, 0.05) is 0 Å². The number of benzene rings is 1. The zero-order chi connectivity index (χ0) is 12.9. The quantitative estimate of drug-likeness (QED) is 0.739. The molecule has 0 bridgehead atoms. The molecule has 5 heteroatoms. The molecule has 0 fully saturated rings. The summed E-state index contributed by atoms with van der Waals surface area (Å²) in [7, 11) is -3.83. The average Bonchev–Trinajstić information content (AvgIpc) is 2.28. The van der Waals surface area contributed by atoms with E-state index in [0.29, 0.717) is 12.8 Å². The Bertz CT molecular complexity index is 439. The first-order valence-corrected chi connectivity index (χ1v) is 6.96. The summed E-state index contributed by atoms with van der Waals surface area (Å²) in [5, 5.41) is 0. The van der Waals surface area contributed by atoms with Crippen molar-refractivity contribution in [3.8, 4) is 0 Å². The van der Waals surface area contributed by atoms with Gasteiger partial charge in [-0.05, 0) is 25.5 Å². The predicted molar refractivity (Wildman–Crippen MR) is 64.1 cm³/mol. The molecule has 0 amide bonds. The van der Waals surface area contributed by atoms with Gasteiger partial charge in [-0.15, -0.1) is 0 Å². The van der Waals surface area contributed by atoms with Gasteiger partial charge in [-0.25, -0.2) is 4.39 Å². The maximum absolute atomic E-state index is 13.1. The molecule has 0 N–H and O–H groups in total. The summed E-state index contributed by atoms with van der Waals surface area (Å²) in [6, 6.07) is 6.26. The standard InChI is InChI=1S/C12H17FO3S/c1-3-4-11(13)9-16-17(14,15)12-7-5-10(2)6-8-12/h5-8,11H,3-4,9H2,1-2H3/t11-/m1/s1. The molecule has 0 aliphatic heterocycles. The minimum atomic E-state index is -3.83. The van der Waals surface area contributed by atoms with E-state index in [0.717, 1.165) is 5.56 Å². The molecule has 0 radical (unpaired) electrons. The molecule has 96 valence electrons. The molecule has 0 aliphatic carbocycles. The summed E-state index contributed by atoms with van der Waals surface area (Å²) in [6.07, 6.45) is -0.265. The second-order valence-corrected chi connectivity index (χ2v) is 5.55. The second-order valence-electron chi connectivity index (χ2n) is 3.94. The van der Waals surface area contributed by atoms with Gasteiger partial charge < -0.3 is 0 Å². The van der Waals surface area contributed by atoms with Crippen LogP contribution in [0.5, 0.6) is 0 Å². The molecule has 0 aliphatic rings. The second kappa shape index (κ2) is 6.12. The number of hydrogen-bond donors (Lipinski definition) is 0.